The second-order valence-corrected chi connectivity index (χ2v) is 4.92. The molecule has 2 nitrogen and oxygen atoms in total. The number of rotatable bonds is 3. The van der Waals surface area contributed by atoms with E-state index in [0.717, 1.165) is 29.4 Å². The van der Waals surface area contributed by atoms with Gasteiger partial charge < -0.3 is 5.73 Å². The van der Waals surface area contributed by atoms with Crippen molar-refractivity contribution in [3.63, 3.8) is 0 Å². The molecule has 0 amide bonds. The van der Waals surface area contributed by atoms with Gasteiger partial charge in [-0.25, -0.2) is 0 Å². The fourth-order valence-electron chi connectivity index (χ4n) is 1.88. The third-order valence-electron chi connectivity index (χ3n) is 2.79. The van der Waals surface area contributed by atoms with Gasteiger partial charge in [-0.2, -0.15) is 0 Å². The van der Waals surface area contributed by atoms with Crippen LogP contribution < -0.4 is 5.73 Å². The van der Waals surface area contributed by atoms with Crippen LogP contribution in [0.15, 0.2) is 18.2 Å². The Morgan fingerprint density at radius 1 is 1.24 bits per heavy atom. The lowest BCUT2D eigenvalue weighted by molar-refractivity contribution is 0.824. The molecule has 1 aromatic heterocycles. The summed E-state index contributed by atoms with van der Waals surface area (Å²) in [6.45, 7) is 2.69. The second-order valence-electron chi connectivity index (χ2n) is 4.08. The van der Waals surface area contributed by atoms with Crippen molar-refractivity contribution in [3.05, 3.63) is 39.5 Å². The average Bonchev–Trinajstić information content (AvgIpc) is 2.26. The topological polar surface area (TPSA) is 38.9 Å². The highest BCUT2D eigenvalue weighted by Crippen LogP contribution is 2.28. The molecule has 1 aromatic carbocycles. The largest absolute Gasteiger partial charge is 0.330 e. The van der Waals surface area contributed by atoms with E-state index in [1.54, 1.807) is 6.07 Å². The Balaban J connectivity index is 2.55. The summed E-state index contributed by atoms with van der Waals surface area (Å²) < 4.78 is 0. The van der Waals surface area contributed by atoms with E-state index in [-0.39, 0.29) is 0 Å². The first-order chi connectivity index (χ1) is 8.11. The van der Waals surface area contributed by atoms with Crippen molar-refractivity contribution in [3.8, 4) is 0 Å². The minimum atomic E-state index is 0.615. The summed E-state index contributed by atoms with van der Waals surface area (Å²) in [6, 6.07) is 5.67. The Bertz CT molecular complexity index is 553. The van der Waals surface area contributed by atoms with Crippen molar-refractivity contribution in [2.45, 2.75) is 19.8 Å². The molecule has 0 saturated heterocycles. The summed E-state index contributed by atoms with van der Waals surface area (Å²) in [6.07, 6.45) is 1.89. The Kier molecular flexibility index (Phi) is 3.87. The molecule has 0 radical (unpaired) electrons. The average molecular weight is 269 g/mol. The van der Waals surface area contributed by atoms with Crippen molar-refractivity contribution in [2.75, 3.05) is 6.54 Å². The van der Waals surface area contributed by atoms with Gasteiger partial charge in [0, 0.05) is 16.1 Å². The van der Waals surface area contributed by atoms with Gasteiger partial charge in [0.15, 0.2) is 0 Å². The van der Waals surface area contributed by atoms with Gasteiger partial charge in [0.2, 0.25) is 0 Å². The fourth-order valence-corrected chi connectivity index (χ4v) is 2.42. The van der Waals surface area contributed by atoms with Crippen LogP contribution in [0, 0.1) is 6.92 Å². The second kappa shape index (κ2) is 5.21. The normalized spacial score (nSPS) is 11.1. The Morgan fingerprint density at radius 3 is 2.71 bits per heavy atom. The van der Waals surface area contributed by atoms with Crippen LogP contribution in [0.3, 0.4) is 0 Å². The SMILES string of the molecule is Cc1nc2cc(Cl)cc(Cl)c2cc1CCCN. The van der Waals surface area contributed by atoms with Crippen LogP contribution in [-0.2, 0) is 6.42 Å². The van der Waals surface area contributed by atoms with Crippen molar-refractivity contribution in [1.82, 2.24) is 4.98 Å². The molecule has 0 fully saturated rings. The van der Waals surface area contributed by atoms with E-state index >= 15 is 0 Å². The smallest absolute Gasteiger partial charge is 0.0735 e. The lowest BCUT2D eigenvalue weighted by Gasteiger charge is -2.08. The summed E-state index contributed by atoms with van der Waals surface area (Å²) in [4.78, 5) is 4.54. The molecule has 1 heterocycles. The third kappa shape index (κ3) is 2.71. The van der Waals surface area contributed by atoms with E-state index in [0.29, 0.717) is 16.6 Å². The molecule has 2 aromatic rings. The summed E-state index contributed by atoms with van der Waals surface area (Å²) in [5.41, 5.74) is 8.59. The van der Waals surface area contributed by atoms with Gasteiger partial charge in [-0.1, -0.05) is 23.2 Å². The number of hydrogen-bond acceptors (Lipinski definition) is 2. The third-order valence-corrected chi connectivity index (χ3v) is 3.33. The molecule has 0 aliphatic rings. The van der Waals surface area contributed by atoms with Crippen molar-refractivity contribution in [1.29, 1.82) is 0 Å². The van der Waals surface area contributed by atoms with Crippen LogP contribution in [0.4, 0.5) is 0 Å². The highest BCUT2D eigenvalue weighted by Gasteiger charge is 2.07. The molecule has 0 bridgehead atoms. The van der Waals surface area contributed by atoms with Gasteiger partial charge >= 0.3 is 0 Å². The highest BCUT2D eigenvalue weighted by atomic mass is 35.5. The number of pyridine rings is 1. The lowest BCUT2D eigenvalue weighted by atomic mass is 10.1. The van der Waals surface area contributed by atoms with Gasteiger partial charge in [-0.15, -0.1) is 0 Å². The van der Waals surface area contributed by atoms with E-state index in [9.17, 15) is 0 Å². The number of nitrogens with two attached hydrogens (primary N) is 1. The summed E-state index contributed by atoms with van der Waals surface area (Å²) in [5, 5.41) is 2.21. The molecule has 17 heavy (non-hydrogen) atoms. The zero-order valence-corrected chi connectivity index (χ0v) is 11.1. The summed E-state index contributed by atoms with van der Waals surface area (Å²) >= 11 is 12.1. The monoisotopic (exact) mass is 268 g/mol. The number of nitrogens with zero attached hydrogens (tertiary/aromatic N) is 1. The lowest BCUT2D eigenvalue weighted by Crippen LogP contribution is -2.02. The predicted molar refractivity (Wildman–Crippen MR) is 73.9 cm³/mol. The Hall–Kier alpha value is -0.830. The predicted octanol–water partition coefficient (Wildman–Crippen LogP) is 3.74. The molecule has 90 valence electrons. The maximum absolute atomic E-state index is 6.17. The van der Waals surface area contributed by atoms with Crippen LogP contribution in [0.1, 0.15) is 17.7 Å². The number of benzene rings is 1. The van der Waals surface area contributed by atoms with Crippen LogP contribution in [-0.4, -0.2) is 11.5 Å². The molecular weight excluding hydrogens is 255 g/mol. The van der Waals surface area contributed by atoms with Crippen molar-refractivity contribution >= 4 is 34.1 Å². The van der Waals surface area contributed by atoms with E-state index in [4.69, 9.17) is 28.9 Å². The molecule has 0 aliphatic heterocycles. The number of halogens is 2. The first-order valence-electron chi connectivity index (χ1n) is 5.57. The maximum Gasteiger partial charge on any atom is 0.0735 e. The standard InChI is InChI=1S/C13H14Cl2N2/c1-8-9(3-2-4-16)5-11-12(15)6-10(14)7-13(11)17-8/h5-7H,2-4,16H2,1H3. The fraction of sp³-hybridized carbons (Fsp3) is 0.308. The maximum atomic E-state index is 6.17. The molecule has 4 heteroatoms. The van der Waals surface area contributed by atoms with Crippen molar-refractivity contribution < 1.29 is 0 Å². The molecule has 0 atom stereocenters. The van der Waals surface area contributed by atoms with Crippen LogP contribution in [0.2, 0.25) is 10.0 Å². The van der Waals surface area contributed by atoms with Gasteiger partial charge in [0.1, 0.15) is 0 Å². The molecule has 0 saturated carbocycles. The minimum Gasteiger partial charge on any atom is -0.330 e. The zero-order chi connectivity index (χ0) is 12.4. The van der Waals surface area contributed by atoms with E-state index < -0.39 is 0 Å². The van der Waals surface area contributed by atoms with Crippen LogP contribution in [0.25, 0.3) is 10.9 Å². The quantitative estimate of drug-likeness (QED) is 0.921. The molecule has 0 aliphatic carbocycles. The number of hydrogen-bond donors (Lipinski definition) is 1. The molecular formula is C13H14Cl2N2. The number of aryl methyl sites for hydroxylation is 2. The van der Waals surface area contributed by atoms with Gasteiger partial charge in [0.05, 0.1) is 10.5 Å². The molecule has 2 N–H and O–H groups in total. The van der Waals surface area contributed by atoms with E-state index in [1.807, 2.05) is 13.0 Å². The van der Waals surface area contributed by atoms with E-state index in [1.165, 1.54) is 5.56 Å². The van der Waals surface area contributed by atoms with Crippen LogP contribution >= 0.6 is 23.2 Å². The summed E-state index contributed by atoms with van der Waals surface area (Å²) in [5.74, 6) is 0. The molecule has 0 spiro atoms. The highest BCUT2D eigenvalue weighted by molar-refractivity contribution is 6.38. The summed E-state index contributed by atoms with van der Waals surface area (Å²) in [7, 11) is 0. The first-order valence-corrected chi connectivity index (χ1v) is 6.32. The Morgan fingerprint density at radius 2 is 2.00 bits per heavy atom. The van der Waals surface area contributed by atoms with Gasteiger partial charge in [0.25, 0.3) is 0 Å². The number of aromatic nitrogens is 1. The van der Waals surface area contributed by atoms with Crippen LogP contribution in [0.5, 0.6) is 0 Å². The van der Waals surface area contributed by atoms with Gasteiger partial charge in [-0.3, -0.25) is 4.98 Å². The molecule has 2 rings (SSSR count). The van der Waals surface area contributed by atoms with Crippen molar-refractivity contribution in [2.24, 2.45) is 5.73 Å². The van der Waals surface area contributed by atoms with E-state index in [2.05, 4.69) is 11.1 Å². The van der Waals surface area contributed by atoms with Gasteiger partial charge in [-0.05, 0) is 50.1 Å². The zero-order valence-electron chi connectivity index (χ0n) is 9.63. The minimum absolute atomic E-state index is 0.615. The molecule has 0 unspecified atom stereocenters. The number of fused-ring (bicyclic) bond motifs is 1. The first kappa shape index (κ1) is 12.6. The Labute approximate surface area is 111 Å².